The highest BCUT2D eigenvalue weighted by Crippen LogP contribution is 2.16. The third-order valence-electron chi connectivity index (χ3n) is 3.44. The van der Waals surface area contributed by atoms with Crippen molar-refractivity contribution in [2.75, 3.05) is 0 Å². The molecule has 0 aliphatic carbocycles. The van der Waals surface area contributed by atoms with Gasteiger partial charge in [-0.1, -0.05) is 42.0 Å². The van der Waals surface area contributed by atoms with Crippen molar-refractivity contribution in [3.8, 4) is 5.75 Å². The Hall–Kier alpha value is -3.08. The van der Waals surface area contributed by atoms with Crippen LogP contribution in [0, 0.1) is 6.92 Å². The Labute approximate surface area is 134 Å². The molecule has 5 nitrogen and oxygen atoms in total. The van der Waals surface area contributed by atoms with E-state index in [1.54, 1.807) is 6.08 Å². The number of imide groups is 1. The first-order valence-electron chi connectivity index (χ1n) is 7.22. The molecule has 23 heavy (non-hydrogen) atoms. The Morgan fingerprint density at radius 3 is 2.26 bits per heavy atom. The normalized spacial score (nSPS) is 15.4. The van der Waals surface area contributed by atoms with Gasteiger partial charge in [-0.25, -0.2) is 4.79 Å². The minimum atomic E-state index is -0.501. The lowest BCUT2D eigenvalue weighted by Gasteiger charge is -2.07. The van der Waals surface area contributed by atoms with Gasteiger partial charge in [-0.3, -0.25) is 10.1 Å². The summed E-state index contributed by atoms with van der Waals surface area (Å²) in [6.07, 6.45) is 1.62. The molecule has 0 saturated carbocycles. The maximum absolute atomic E-state index is 11.5. The summed E-state index contributed by atoms with van der Waals surface area (Å²) in [6.45, 7) is 2.55. The molecule has 2 N–H and O–H groups in total. The zero-order valence-corrected chi connectivity index (χ0v) is 12.6. The summed E-state index contributed by atoms with van der Waals surface area (Å²) < 4.78 is 5.73. The molecule has 1 aliphatic rings. The highest BCUT2D eigenvalue weighted by molar-refractivity contribution is 6.13. The van der Waals surface area contributed by atoms with E-state index in [2.05, 4.69) is 22.8 Å². The Bertz CT molecular complexity index is 762. The number of amides is 3. The van der Waals surface area contributed by atoms with Crippen LogP contribution >= 0.6 is 0 Å². The summed E-state index contributed by atoms with van der Waals surface area (Å²) in [5.41, 5.74) is 3.37. The van der Waals surface area contributed by atoms with Gasteiger partial charge in [0.05, 0.1) is 0 Å². The Morgan fingerprint density at radius 1 is 0.957 bits per heavy atom. The van der Waals surface area contributed by atoms with Crippen molar-refractivity contribution in [3.63, 3.8) is 0 Å². The summed E-state index contributed by atoms with van der Waals surface area (Å²) >= 11 is 0. The predicted molar refractivity (Wildman–Crippen MR) is 86.6 cm³/mol. The van der Waals surface area contributed by atoms with Crippen molar-refractivity contribution in [1.29, 1.82) is 0 Å². The van der Waals surface area contributed by atoms with Crippen LogP contribution in [0.5, 0.6) is 5.75 Å². The standard InChI is InChI=1S/C18H16N2O3/c1-12-2-4-14(5-3-12)11-23-15-8-6-13(7-9-15)10-16-17(21)20-18(22)19-16/h2-10H,11H2,1H3,(H2,19,20,21,22). The lowest BCUT2D eigenvalue weighted by molar-refractivity contribution is -0.115. The smallest absolute Gasteiger partial charge is 0.326 e. The van der Waals surface area contributed by atoms with E-state index >= 15 is 0 Å². The maximum Gasteiger partial charge on any atom is 0.326 e. The van der Waals surface area contributed by atoms with Gasteiger partial charge >= 0.3 is 6.03 Å². The Balaban J connectivity index is 1.63. The van der Waals surface area contributed by atoms with Crippen LogP contribution in [0.1, 0.15) is 16.7 Å². The molecule has 1 heterocycles. The zero-order chi connectivity index (χ0) is 16.2. The first kappa shape index (κ1) is 14.8. The van der Waals surface area contributed by atoms with Crippen molar-refractivity contribution in [2.24, 2.45) is 0 Å². The van der Waals surface area contributed by atoms with E-state index in [0.717, 1.165) is 16.9 Å². The first-order valence-corrected chi connectivity index (χ1v) is 7.22. The fraction of sp³-hybridized carbons (Fsp3) is 0.111. The number of benzene rings is 2. The number of hydrogen-bond donors (Lipinski definition) is 2. The van der Waals surface area contributed by atoms with Crippen LogP contribution in [0.25, 0.3) is 6.08 Å². The molecule has 3 rings (SSSR count). The number of rotatable bonds is 4. The first-order chi connectivity index (χ1) is 11.1. The van der Waals surface area contributed by atoms with E-state index < -0.39 is 11.9 Å². The second-order valence-electron chi connectivity index (χ2n) is 5.31. The van der Waals surface area contributed by atoms with E-state index in [1.807, 2.05) is 43.3 Å². The molecule has 1 saturated heterocycles. The van der Waals surface area contributed by atoms with Gasteiger partial charge < -0.3 is 10.1 Å². The molecule has 0 atom stereocenters. The molecule has 1 fully saturated rings. The summed E-state index contributed by atoms with van der Waals surface area (Å²) in [7, 11) is 0. The third kappa shape index (κ3) is 3.77. The minimum Gasteiger partial charge on any atom is -0.489 e. The van der Waals surface area contributed by atoms with Crippen LogP contribution in [0.15, 0.2) is 54.2 Å². The van der Waals surface area contributed by atoms with Gasteiger partial charge in [-0.2, -0.15) is 0 Å². The van der Waals surface area contributed by atoms with E-state index in [-0.39, 0.29) is 5.70 Å². The van der Waals surface area contributed by atoms with Gasteiger partial charge in [0.2, 0.25) is 0 Å². The van der Waals surface area contributed by atoms with Crippen LogP contribution in [0.3, 0.4) is 0 Å². The number of aryl methyl sites for hydroxylation is 1. The van der Waals surface area contributed by atoms with Crippen LogP contribution in [-0.4, -0.2) is 11.9 Å². The number of carbonyl (C=O) groups is 2. The maximum atomic E-state index is 11.5. The van der Waals surface area contributed by atoms with E-state index in [0.29, 0.717) is 6.61 Å². The zero-order valence-electron chi connectivity index (χ0n) is 12.6. The van der Waals surface area contributed by atoms with Crippen molar-refractivity contribution >= 4 is 18.0 Å². The molecular formula is C18H16N2O3. The van der Waals surface area contributed by atoms with Gasteiger partial charge in [0.25, 0.3) is 5.91 Å². The second kappa shape index (κ2) is 6.36. The molecule has 0 radical (unpaired) electrons. The fourth-order valence-electron chi connectivity index (χ4n) is 2.16. The third-order valence-corrected chi connectivity index (χ3v) is 3.44. The highest BCUT2D eigenvalue weighted by Gasteiger charge is 2.22. The Morgan fingerprint density at radius 2 is 1.65 bits per heavy atom. The topological polar surface area (TPSA) is 67.4 Å². The van der Waals surface area contributed by atoms with Crippen molar-refractivity contribution in [1.82, 2.24) is 10.6 Å². The number of urea groups is 1. The largest absolute Gasteiger partial charge is 0.489 e. The molecule has 0 unspecified atom stereocenters. The van der Waals surface area contributed by atoms with Crippen molar-refractivity contribution in [3.05, 3.63) is 70.9 Å². The van der Waals surface area contributed by atoms with Crippen LogP contribution in [-0.2, 0) is 11.4 Å². The average molecular weight is 308 g/mol. The SMILES string of the molecule is Cc1ccc(COc2ccc(C=C3NC(=O)NC3=O)cc2)cc1. The molecule has 3 amide bonds. The van der Waals surface area contributed by atoms with Gasteiger partial charge in [0.1, 0.15) is 18.1 Å². The van der Waals surface area contributed by atoms with Crippen LogP contribution < -0.4 is 15.4 Å². The van der Waals surface area contributed by atoms with E-state index in [1.165, 1.54) is 5.56 Å². The second-order valence-corrected chi connectivity index (χ2v) is 5.31. The molecular weight excluding hydrogens is 292 g/mol. The lowest BCUT2D eigenvalue weighted by atomic mass is 10.1. The number of hydrogen-bond acceptors (Lipinski definition) is 3. The fourth-order valence-corrected chi connectivity index (χ4v) is 2.16. The Kier molecular flexibility index (Phi) is 4.10. The van der Waals surface area contributed by atoms with Crippen molar-refractivity contribution < 1.29 is 14.3 Å². The van der Waals surface area contributed by atoms with Crippen LogP contribution in [0.2, 0.25) is 0 Å². The van der Waals surface area contributed by atoms with Gasteiger partial charge in [-0.05, 0) is 36.3 Å². The van der Waals surface area contributed by atoms with Crippen molar-refractivity contribution in [2.45, 2.75) is 13.5 Å². The average Bonchev–Trinajstić information content (AvgIpc) is 2.86. The molecule has 0 aromatic heterocycles. The molecule has 0 spiro atoms. The minimum absolute atomic E-state index is 0.239. The molecule has 1 aliphatic heterocycles. The van der Waals surface area contributed by atoms with E-state index in [4.69, 9.17) is 4.74 Å². The van der Waals surface area contributed by atoms with Crippen LogP contribution in [0.4, 0.5) is 4.79 Å². The number of ether oxygens (including phenoxy) is 1. The number of nitrogens with one attached hydrogen (secondary N) is 2. The quantitative estimate of drug-likeness (QED) is 0.674. The van der Waals surface area contributed by atoms with Gasteiger partial charge in [0, 0.05) is 0 Å². The lowest BCUT2D eigenvalue weighted by Crippen LogP contribution is -2.22. The van der Waals surface area contributed by atoms with Gasteiger partial charge in [-0.15, -0.1) is 0 Å². The molecule has 5 heteroatoms. The summed E-state index contributed by atoms with van der Waals surface area (Å²) in [5, 5.41) is 4.61. The van der Waals surface area contributed by atoms with Gasteiger partial charge in [0.15, 0.2) is 0 Å². The number of carbonyl (C=O) groups excluding carboxylic acids is 2. The summed E-state index contributed by atoms with van der Waals surface area (Å²) in [6, 6.07) is 15.0. The monoisotopic (exact) mass is 308 g/mol. The molecule has 2 aromatic carbocycles. The molecule has 2 aromatic rings. The molecule has 0 bridgehead atoms. The summed E-state index contributed by atoms with van der Waals surface area (Å²) in [4.78, 5) is 22.5. The predicted octanol–water partition coefficient (Wildman–Crippen LogP) is 2.75. The highest BCUT2D eigenvalue weighted by atomic mass is 16.5. The van der Waals surface area contributed by atoms with E-state index in [9.17, 15) is 9.59 Å². The summed E-state index contributed by atoms with van der Waals surface area (Å²) in [5.74, 6) is 0.322. The molecule has 116 valence electrons.